The van der Waals surface area contributed by atoms with E-state index in [1.165, 1.54) is 20.0 Å². The topological polar surface area (TPSA) is 44.1 Å². The lowest BCUT2D eigenvalue weighted by Gasteiger charge is -2.19. The highest BCUT2D eigenvalue weighted by Gasteiger charge is 2.23. The van der Waals surface area contributed by atoms with E-state index in [4.69, 9.17) is 5.26 Å². The Labute approximate surface area is 91.9 Å². The van der Waals surface area contributed by atoms with Gasteiger partial charge in [-0.25, -0.2) is 8.78 Å². The number of hydrogen-bond acceptors (Lipinski definition) is 2. The van der Waals surface area contributed by atoms with Crippen molar-refractivity contribution in [2.24, 2.45) is 0 Å². The molecule has 0 aliphatic heterocycles. The molecular weight excluding hydrogens is 214 g/mol. The van der Waals surface area contributed by atoms with Crippen molar-refractivity contribution < 1.29 is 13.6 Å². The Morgan fingerprint density at radius 3 is 2.38 bits per heavy atom. The maximum Gasteiger partial charge on any atom is 0.260 e. The van der Waals surface area contributed by atoms with Crippen LogP contribution < -0.4 is 0 Å². The van der Waals surface area contributed by atoms with E-state index in [0.717, 1.165) is 17.0 Å². The second-order valence-corrected chi connectivity index (χ2v) is 3.32. The zero-order chi connectivity index (χ0) is 12.3. The van der Waals surface area contributed by atoms with Crippen LogP contribution in [-0.2, 0) is 0 Å². The molecule has 0 saturated heterocycles. The lowest BCUT2D eigenvalue weighted by Crippen LogP contribution is -2.35. The summed E-state index contributed by atoms with van der Waals surface area (Å²) < 4.78 is 26.5. The number of halogens is 2. The molecule has 1 rings (SSSR count). The quantitative estimate of drug-likeness (QED) is 0.770. The van der Waals surface area contributed by atoms with Crippen molar-refractivity contribution in [1.29, 1.82) is 5.26 Å². The van der Waals surface area contributed by atoms with Gasteiger partial charge in [0.1, 0.15) is 23.2 Å². The molecule has 0 fully saturated rings. The predicted octanol–water partition coefficient (Wildman–Crippen LogP) is 1.95. The van der Waals surface area contributed by atoms with Crippen LogP contribution in [-0.4, -0.2) is 23.9 Å². The normalized spacial score (nSPS) is 11.7. The van der Waals surface area contributed by atoms with E-state index < -0.39 is 29.1 Å². The van der Waals surface area contributed by atoms with Gasteiger partial charge in [0.15, 0.2) is 0 Å². The van der Waals surface area contributed by atoms with Crippen molar-refractivity contribution in [2.45, 2.75) is 13.0 Å². The Hall–Kier alpha value is -1.96. The fraction of sp³-hybridized carbons (Fsp3) is 0.273. The number of benzene rings is 1. The Kier molecular flexibility index (Phi) is 3.56. The van der Waals surface area contributed by atoms with Gasteiger partial charge in [0, 0.05) is 7.05 Å². The van der Waals surface area contributed by atoms with Gasteiger partial charge in [-0.15, -0.1) is 0 Å². The summed E-state index contributed by atoms with van der Waals surface area (Å²) in [6.45, 7) is 1.47. The highest BCUT2D eigenvalue weighted by molar-refractivity contribution is 5.94. The van der Waals surface area contributed by atoms with Gasteiger partial charge in [0.05, 0.1) is 6.07 Å². The third kappa shape index (κ3) is 2.16. The molecule has 0 bridgehead atoms. The van der Waals surface area contributed by atoms with Gasteiger partial charge in [0.25, 0.3) is 5.91 Å². The molecule has 1 aromatic carbocycles. The van der Waals surface area contributed by atoms with Gasteiger partial charge in [-0.2, -0.15) is 5.26 Å². The van der Waals surface area contributed by atoms with Crippen LogP contribution in [0.4, 0.5) is 8.78 Å². The SMILES string of the molecule is CC(C#N)N(C)C(=O)c1c(F)cccc1F. The molecule has 0 heterocycles. The van der Waals surface area contributed by atoms with Crippen molar-refractivity contribution >= 4 is 5.91 Å². The standard InChI is InChI=1S/C11H10F2N2O/c1-7(6-14)15(2)11(16)10-8(12)4-3-5-9(10)13/h3-5,7H,1-2H3. The number of rotatable bonds is 2. The molecule has 16 heavy (non-hydrogen) atoms. The third-order valence-corrected chi connectivity index (χ3v) is 2.26. The van der Waals surface area contributed by atoms with Crippen LogP contribution in [0.3, 0.4) is 0 Å². The molecule has 0 N–H and O–H groups in total. The van der Waals surface area contributed by atoms with E-state index >= 15 is 0 Å². The molecule has 3 nitrogen and oxygen atoms in total. The monoisotopic (exact) mass is 224 g/mol. The number of carbonyl (C=O) groups excluding carboxylic acids is 1. The number of hydrogen-bond donors (Lipinski definition) is 0. The minimum atomic E-state index is -0.929. The Morgan fingerprint density at radius 1 is 1.44 bits per heavy atom. The first-order chi connectivity index (χ1) is 7.49. The number of carbonyl (C=O) groups is 1. The molecule has 5 heteroatoms. The molecule has 0 aromatic heterocycles. The first-order valence-corrected chi connectivity index (χ1v) is 4.59. The van der Waals surface area contributed by atoms with Crippen LogP contribution in [0, 0.1) is 23.0 Å². The highest BCUT2D eigenvalue weighted by atomic mass is 19.1. The molecule has 1 aromatic rings. The molecule has 0 radical (unpaired) electrons. The van der Waals surface area contributed by atoms with Crippen LogP contribution in [0.5, 0.6) is 0 Å². The van der Waals surface area contributed by atoms with Gasteiger partial charge in [-0.05, 0) is 19.1 Å². The molecule has 1 amide bonds. The Morgan fingerprint density at radius 2 is 1.94 bits per heavy atom. The summed E-state index contributed by atoms with van der Waals surface area (Å²) in [5.74, 6) is -2.70. The van der Waals surface area contributed by atoms with Crippen LogP contribution in [0.1, 0.15) is 17.3 Å². The van der Waals surface area contributed by atoms with Gasteiger partial charge in [-0.3, -0.25) is 4.79 Å². The fourth-order valence-corrected chi connectivity index (χ4v) is 1.14. The molecule has 0 spiro atoms. The number of amides is 1. The van der Waals surface area contributed by atoms with Crippen LogP contribution >= 0.6 is 0 Å². The minimum Gasteiger partial charge on any atom is -0.326 e. The van der Waals surface area contributed by atoms with Gasteiger partial charge in [-0.1, -0.05) is 6.07 Å². The van der Waals surface area contributed by atoms with Crippen molar-refractivity contribution in [3.05, 3.63) is 35.4 Å². The van der Waals surface area contributed by atoms with Crippen LogP contribution in [0.15, 0.2) is 18.2 Å². The Balaban J connectivity index is 3.11. The maximum atomic E-state index is 13.3. The maximum absolute atomic E-state index is 13.3. The number of nitriles is 1. The molecule has 0 aliphatic rings. The summed E-state index contributed by atoms with van der Waals surface area (Å²) in [4.78, 5) is 12.7. The Bertz CT molecular complexity index is 434. The molecule has 1 unspecified atom stereocenters. The van der Waals surface area contributed by atoms with E-state index in [0.29, 0.717) is 0 Å². The summed E-state index contributed by atoms with van der Waals surface area (Å²) in [6.07, 6.45) is 0. The van der Waals surface area contributed by atoms with Gasteiger partial charge < -0.3 is 4.90 Å². The molecular formula is C11H10F2N2O. The molecule has 0 aliphatic carbocycles. The highest BCUT2D eigenvalue weighted by Crippen LogP contribution is 2.15. The van der Waals surface area contributed by atoms with E-state index in [2.05, 4.69) is 0 Å². The molecule has 0 saturated carbocycles. The third-order valence-electron chi connectivity index (χ3n) is 2.26. The smallest absolute Gasteiger partial charge is 0.260 e. The van der Waals surface area contributed by atoms with Crippen molar-refractivity contribution in [2.75, 3.05) is 7.05 Å². The summed E-state index contributed by atoms with van der Waals surface area (Å²) >= 11 is 0. The van der Waals surface area contributed by atoms with Crippen molar-refractivity contribution in [3.8, 4) is 6.07 Å². The summed E-state index contributed by atoms with van der Waals surface area (Å²) in [6, 6.07) is 4.25. The lowest BCUT2D eigenvalue weighted by atomic mass is 10.1. The van der Waals surface area contributed by atoms with E-state index in [9.17, 15) is 13.6 Å². The molecule has 1 atom stereocenters. The second kappa shape index (κ2) is 4.71. The largest absolute Gasteiger partial charge is 0.326 e. The van der Waals surface area contributed by atoms with E-state index in [1.807, 2.05) is 6.07 Å². The van der Waals surface area contributed by atoms with Crippen molar-refractivity contribution in [1.82, 2.24) is 4.90 Å². The zero-order valence-corrected chi connectivity index (χ0v) is 8.87. The summed E-state index contributed by atoms with van der Waals surface area (Å²) in [7, 11) is 1.32. The molecule has 84 valence electrons. The predicted molar refractivity (Wildman–Crippen MR) is 53.5 cm³/mol. The minimum absolute atomic E-state index is 0.632. The first-order valence-electron chi connectivity index (χ1n) is 4.59. The average Bonchev–Trinajstić information content (AvgIpc) is 2.26. The van der Waals surface area contributed by atoms with Crippen molar-refractivity contribution in [3.63, 3.8) is 0 Å². The number of nitrogens with zero attached hydrogens (tertiary/aromatic N) is 2. The fourth-order valence-electron chi connectivity index (χ4n) is 1.14. The van der Waals surface area contributed by atoms with E-state index in [-0.39, 0.29) is 0 Å². The van der Waals surface area contributed by atoms with E-state index in [1.54, 1.807) is 0 Å². The average molecular weight is 224 g/mol. The summed E-state index contributed by atoms with van der Waals surface area (Å²) in [5.41, 5.74) is -0.632. The lowest BCUT2D eigenvalue weighted by molar-refractivity contribution is 0.0763. The first kappa shape index (κ1) is 12.1. The van der Waals surface area contributed by atoms with Crippen LogP contribution in [0.2, 0.25) is 0 Å². The van der Waals surface area contributed by atoms with Crippen LogP contribution in [0.25, 0.3) is 0 Å². The summed E-state index contributed by atoms with van der Waals surface area (Å²) in [5, 5.41) is 8.61. The second-order valence-electron chi connectivity index (χ2n) is 3.32. The van der Waals surface area contributed by atoms with Gasteiger partial charge in [0.2, 0.25) is 0 Å². The van der Waals surface area contributed by atoms with Gasteiger partial charge >= 0.3 is 0 Å². The zero-order valence-electron chi connectivity index (χ0n) is 8.87.